The summed E-state index contributed by atoms with van der Waals surface area (Å²) in [6, 6.07) is -0.251. The molecule has 1 unspecified atom stereocenters. The fraction of sp³-hybridized carbons (Fsp3) is 0.727. The number of nitrogens with zero attached hydrogens (tertiary/aromatic N) is 1. The summed E-state index contributed by atoms with van der Waals surface area (Å²) in [5.41, 5.74) is 5.62. The Hall–Kier alpha value is -0.970. The molecule has 0 aliphatic heterocycles. The number of alkyl halides is 2. The Bertz CT molecular complexity index is 353. The zero-order chi connectivity index (χ0) is 11.8. The lowest BCUT2D eigenvalue weighted by atomic mass is 9.85. The summed E-state index contributed by atoms with van der Waals surface area (Å²) in [4.78, 5) is 4.05. The van der Waals surface area contributed by atoms with Crippen LogP contribution < -0.4 is 5.73 Å². The summed E-state index contributed by atoms with van der Waals surface area (Å²) in [6.07, 6.45) is 2.41. The lowest BCUT2D eigenvalue weighted by molar-refractivity contribution is -0.0395. The number of aromatic nitrogens is 1. The zero-order valence-corrected chi connectivity index (χ0v) is 9.25. The van der Waals surface area contributed by atoms with E-state index in [0.29, 0.717) is 24.5 Å². The van der Waals surface area contributed by atoms with Gasteiger partial charge >= 0.3 is 0 Å². The minimum atomic E-state index is -2.50. The van der Waals surface area contributed by atoms with Gasteiger partial charge in [0.2, 0.25) is 11.8 Å². The first-order valence-corrected chi connectivity index (χ1v) is 5.57. The predicted octanol–water partition coefficient (Wildman–Crippen LogP) is 2.99. The van der Waals surface area contributed by atoms with Crippen LogP contribution in [0.5, 0.6) is 0 Å². The van der Waals surface area contributed by atoms with E-state index in [1.807, 2.05) is 0 Å². The van der Waals surface area contributed by atoms with Gasteiger partial charge in [0.15, 0.2) is 0 Å². The molecule has 1 saturated carbocycles. The molecule has 0 bridgehead atoms. The molecule has 1 heterocycles. The highest BCUT2D eigenvalue weighted by Gasteiger charge is 2.36. The van der Waals surface area contributed by atoms with Crippen molar-refractivity contribution >= 4 is 0 Å². The van der Waals surface area contributed by atoms with E-state index in [-0.39, 0.29) is 24.8 Å². The van der Waals surface area contributed by atoms with Crippen LogP contribution in [0.1, 0.15) is 56.2 Å². The van der Waals surface area contributed by atoms with E-state index in [1.165, 1.54) is 0 Å². The SMILES string of the molecule is CC(N)c1ncc(C2CCC(F)(F)CC2)o1. The second kappa shape index (κ2) is 4.13. The van der Waals surface area contributed by atoms with Gasteiger partial charge in [0.1, 0.15) is 5.76 Å². The molecule has 0 spiro atoms. The third kappa shape index (κ3) is 2.40. The van der Waals surface area contributed by atoms with Crippen LogP contribution in [-0.4, -0.2) is 10.9 Å². The topological polar surface area (TPSA) is 52.0 Å². The molecule has 16 heavy (non-hydrogen) atoms. The molecule has 2 N–H and O–H groups in total. The Morgan fingerprint density at radius 1 is 1.50 bits per heavy atom. The van der Waals surface area contributed by atoms with E-state index < -0.39 is 5.92 Å². The first-order valence-electron chi connectivity index (χ1n) is 5.57. The van der Waals surface area contributed by atoms with Gasteiger partial charge in [-0.15, -0.1) is 0 Å². The third-order valence-electron chi connectivity index (χ3n) is 3.05. The van der Waals surface area contributed by atoms with Gasteiger partial charge in [0, 0.05) is 18.8 Å². The van der Waals surface area contributed by atoms with Gasteiger partial charge in [-0.3, -0.25) is 0 Å². The van der Waals surface area contributed by atoms with Crippen molar-refractivity contribution in [1.29, 1.82) is 0 Å². The maximum Gasteiger partial charge on any atom is 0.248 e. The van der Waals surface area contributed by atoms with Crippen LogP contribution in [0.2, 0.25) is 0 Å². The maximum atomic E-state index is 13.0. The molecule has 1 aromatic rings. The second-order valence-corrected chi connectivity index (χ2v) is 4.52. The van der Waals surface area contributed by atoms with Crippen LogP contribution in [0, 0.1) is 0 Å². The molecule has 1 fully saturated rings. The normalized spacial score (nSPS) is 23.2. The van der Waals surface area contributed by atoms with Crippen LogP contribution >= 0.6 is 0 Å². The summed E-state index contributed by atoms with van der Waals surface area (Å²) < 4.78 is 31.4. The van der Waals surface area contributed by atoms with Gasteiger partial charge in [-0.05, 0) is 19.8 Å². The molecule has 0 radical (unpaired) electrons. The molecule has 2 rings (SSSR count). The first kappa shape index (κ1) is 11.5. The van der Waals surface area contributed by atoms with Crippen molar-refractivity contribution in [2.24, 2.45) is 5.73 Å². The largest absolute Gasteiger partial charge is 0.444 e. The zero-order valence-electron chi connectivity index (χ0n) is 9.25. The van der Waals surface area contributed by atoms with Crippen LogP contribution in [0.3, 0.4) is 0 Å². The molecule has 3 nitrogen and oxygen atoms in total. The highest BCUT2D eigenvalue weighted by Crippen LogP contribution is 2.41. The monoisotopic (exact) mass is 230 g/mol. The van der Waals surface area contributed by atoms with Crippen molar-refractivity contribution in [2.45, 2.75) is 50.5 Å². The lowest BCUT2D eigenvalue weighted by Crippen LogP contribution is -2.23. The van der Waals surface area contributed by atoms with Crippen LogP contribution in [0.25, 0.3) is 0 Å². The van der Waals surface area contributed by atoms with Crippen molar-refractivity contribution in [1.82, 2.24) is 4.98 Å². The second-order valence-electron chi connectivity index (χ2n) is 4.52. The molecular weight excluding hydrogens is 214 g/mol. The quantitative estimate of drug-likeness (QED) is 0.849. The van der Waals surface area contributed by atoms with Gasteiger partial charge in [0.25, 0.3) is 0 Å². The van der Waals surface area contributed by atoms with Crippen LogP contribution in [-0.2, 0) is 0 Å². The molecule has 1 aliphatic carbocycles. The van der Waals surface area contributed by atoms with Gasteiger partial charge < -0.3 is 10.2 Å². The minimum Gasteiger partial charge on any atom is -0.444 e. The number of halogens is 2. The van der Waals surface area contributed by atoms with Crippen molar-refractivity contribution in [3.05, 3.63) is 17.8 Å². The minimum absolute atomic E-state index is 0.0636. The maximum absolute atomic E-state index is 13.0. The van der Waals surface area contributed by atoms with Crippen molar-refractivity contribution in [3.63, 3.8) is 0 Å². The van der Waals surface area contributed by atoms with Gasteiger partial charge in [0.05, 0.1) is 12.2 Å². The van der Waals surface area contributed by atoms with Crippen molar-refractivity contribution < 1.29 is 13.2 Å². The summed E-state index contributed by atoms with van der Waals surface area (Å²) in [5, 5.41) is 0. The number of hydrogen-bond acceptors (Lipinski definition) is 3. The smallest absolute Gasteiger partial charge is 0.248 e. The van der Waals surface area contributed by atoms with E-state index in [0.717, 1.165) is 0 Å². The van der Waals surface area contributed by atoms with E-state index in [4.69, 9.17) is 10.2 Å². The highest BCUT2D eigenvalue weighted by atomic mass is 19.3. The van der Waals surface area contributed by atoms with Crippen molar-refractivity contribution in [2.75, 3.05) is 0 Å². The molecule has 1 aliphatic rings. The number of nitrogens with two attached hydrogens (primary N) is 1. The molecule has 0 aromatic carbocycles. The molecule has 90 valence electrons. The Morgan fingerprint density at radius 2 is 2.12 bits per heavy atom. The Balaban J connectivity index is 2.03. The fourth-order valence-electron chi connectivity index (χ4n) is 2.02. The molecule has 5 heteroatoms. The van der Waals surface area contributed by atoms with Gasteiger partial charge in [-0.1, -0.05) is 0 Å². The molecular formula is C11H16F2N2O. The van der Waals surface area contributed by atoms with Gasteiger partial charge in [-0.2, -0.15) is 0 Å². The summed E-state index contributed by atoms with van der Waals surface area (Å²) in [5.74, 6) is -1.25. The molecule has 1 aromatic heterocycles. The van der Waals surface area contributed by atoms with Crippen LogP contribution in [0.4, 0.5) is 8.78 Å². The summed E-state index contributed by atoms with van der Waals surface area (Å²) >= 11 is 0. The van der Waals surface area contributed by atoms with E-state index in [2.05, 4.69) is 4.98 Å². The molecule has 0 amide bonds. The van der Waals surface area contributed by atoms with Gasteiger partial charge in [-0.25, -0.2) is 13.8 Å². The van der Waals surface area contributed by atoms with Crippen molar-refractivity contribution in [3.8, 4) is 0 Å². The standard InChI is InChI=1S/C11H16F2N2O/c1-7(14)10-15-6-9(16-10)8-2-4-11(12,13)5-3-8/h6-8H,2-5,14H2,1H3. The Labute approximate surface area is 93.0 Å². The highest BCUT2D eigenvalue weighted by molar-refractivity contribution is 5.05. The Kier molecular flexibility index (Phi) is 2.97. The average Bonchev–Trinajstić information content (AvgIpc) is 2.66. The van der Waals surface area contributed by atoms with E-state index >= 15 is 0 Å². The third-order valence-corrected chi connectivity index (χ3v) is 3.05. The predicted molar refractivity (Wildman–Crippen MR) is 55.3 cm³/mol. The fourth-order valence-corrected chi connectivity index (χ4v) is 2.02. The molecule has 0 saturated heterocycles. The average molecular weight is 230 g/mol. The number of hydrogen-bond donors (Lipinski definition) is 1. The summed E-state index contributed by atoms with van der Waals surface area (Å²) in [7, 11) is 0. The van der Waals surface area contributed by atoms with E-state index in [1.54, 1.807) is 13.1 Å². The molecule has 1 atom stereocenters. The van der Waals surface area contributed by atoms with E-state index in [9.17, 15) is 8.78 Å². The first-order chi connectivity index (χ1) is 7.48. The number of rotatable bonds is 2. The summed E-state index contributed by atoms with van der Waals surface area (Å²) in [6.45, 7) is 1.78. The lowest BCUT2D eigenvalue weighted by Gasteiger charge is -2.26. The number of oxazole rings is 1. The van der Waals surface area contributed by atoms with Crippen LogP contribution in [0.15, 0.2) is 10.6 Å². The Morgan fingerprint density at radius 3 is 2.62 bits per heavy atom.